The fourth-order valence-electron chi connectivity index (χ4n) is 4.90. The third kappa shape index (κ3) is 4.09. The Hall–Kier alpha value is -1.88. The number of hydrogen-bond donors (Lipinski definition) is 1. The largest absolute Gasteiger partial charge is 0.368 e. The van der Waals surface area contributed by atoms with E-state index < -0.39 is 0 Å². The summed E-state index contributed by atoms with van der Waals surface area (Å²) in [5.41, 5.74) is 6.96. The Balaban J connectivity index is 1.51. The van der Waals surface area contributed by atoms with Gasteiger partial charge in [0.1, 0.15) is 0 Å². The van der Waals surface area contributed by atoms with Crippen LogP contribution < -0.4 is 5.73 Å². The van der Waals surface area contributed by atoms with Crippen molar-refractivity contribution < 1.29 is 9.59 Å². The lowest BCUT2D eigenvalue weighted by atomic mass is 9.66. The number of carbonyl (C=O) groups is 2. The van der Waals surface area contributed by atoms with Gasteiger partial charge < -0.3 is 10.6 Å². The molecular formula is C21H31N3O2. The SMILES string of the molecule is CN1CCCC2(CCN(C(=O)CCCc3ccccc3)CC2)C1C(N)=O. The van der Waals surface area contributed by atoms with Gasteiger partial charge in [-0.05, 0) is 63.1 Å². The molecule has 2 heterocycles. The van der Waals surface area contributed by atoms with Crippen molar-refractivity contribution in [3.05, 3.63) is 35.9 Å². The maximum Gasteiger partial charge on any atom is 0.235 e. The molecule has 5 heteroatoms. The van der Waals surface area contributed by atoms with Crippen molar-refractivity contribution in [3.63, 3.8) is 0 Å². The van der Waals surface area contributed by atoms with Crippen molar-refractivity contribution in [2.45, 2.75) is 51.0 Å². The van der Waals surface area contributed by atoms with E-state index in [0.717, 1.165) is 58.2 Å². The molecule has 0 saturated carbocycles. The Morgan fingerprint density at radius 2 is 1.81 bits per heavy atom. The van der Waals surface area contributed by atoms with Crippen LogP contribution >= 0.6 is 0 Å². The molecule has 5 nitrogen and oxygen atoms in total. The van der Waals surface area contributed by atoms with Gasteiger partial charge in [-0.2, -0.15) is 0 Å². The van der Waals surface area contributed by atoms with E-state index in [0.29, 0.717) is 6.42 Å². The summed E-state index contributed by atoms with van der Waals surface area (Å²) in [5.74, 6) is 0.0328. The predicted octanol–water partition coefficient (Wildman–Crippen LogP) is 2.20. The fourth-order valence-corrected chi connectivity index (χ4v) is 4.90. The van der Waals surface area contributed by atoms with Gasteiger partial charge in [-0.1, -0.05) is 30.3 Å². The van der Waals surface area contributed by atoms with Crippen LogP contribution in [0.25, 0.3) is 0 Å². The van der Waals surface area contributed by atoms with E-state index in [4.69, 9.17) is 5.73 Å². The molecule has 0 bridgehead atoms. The third-order valence-corrected chi connectivity index (χ3v) is 6.29. The number of hydrogen-bond acceptors (Lipinski definition) is 3. The summed E-state index contributed by atoms with van der Waals surface area (Å²) in [5, 5.41) is 0. The van der Waals surface area contributed by atoms with Crippen molar-refractivity contribution >= 4 is 11.8 Å². The maximum absolute atomic E-state index is 12.6. The molecule has 2 aliphatic heterocycles. The van der Waals surface area contributed by atoms with E-state index in [2.05, 4.69) is 17.0 Å². The molecule has 2 aliphatic rings. The van der Waals surface area contributed by atoms with E-state index in [-0.39, 0.29) is 23.3 Å². The minimum Gasteiger partial charge on any atom is -0.368 e. The van der Waals surface area contributed by atoms with Crippen LogP contribution in [-0.2, 0) is 16.0 Å². The number of likely N-dealkylation sites (tertiary alicyclic amines) is 2. The number of likely N-dealkylation sites (N-methyl/N-ethyl adjacent to an activating group) is 1. The number of aryl methyl sites for hydroxylation is 1. The molecule has 2 fully saturated rings. The lowest BCUT2D eigenvalue weighted by Crippen LogP contribution is -2.60. The lowest BCUT2D eigenvalue weighted by Gasteiger charge is -2.51. The minimum atomic E-state index is -0.213. The number of primary amides is 1. The number of nitrogens with zero attached hydrogens (tertiary/aromatic N) is 2. The number of carbonyl (C=O) groups excluding carboxylic acids is 2. The summed E-state index contributed by atoms with van der Waals surface area (Å²) in [6.07, 6.45) is 6.34. The average Bonchev–Trinajstić information content (AvgIpc) is 2.63. The van der Waals surface area contributed by atoms with Crippen LogP contribution in [0, 0.1) is 5.41 Å². The number of amides is 2. The first-order valence-corrected chi connectivity index (χ1v) is 9.83. The molecule has 0 aliphatic carbocycles. The molecule has 0 radical (unpaired) electrons. The Kier molecular flexibility index (Phi) is 5.97. The average molecular weight is 357 g/mol. The van der Waals surface area contributed by atoms with Crippen molar-refractivity contribution in [1.29, 1.82) is 0 Å². The second-order valence-electron chi connectivity index (χ2n) is 7.97. The van der Waals surface area contributed by atoms with Gasteiger partial charge in [-0.15, -0.1) is 0 Å². The zero-order chi connectivity index (χ0) is 18.6. The number of benzene rings is 1. The van der Waals surface area contributed by atoms with Gasteiger partial charge in [0.15, 0.2) is 0 Å². The summed E-state index contributed by atoms with van der Waals surface area (Å²) in [7, 11) is 2.00. The Bertz CT molecular complexity index is 623. The van der Waals surface area contributed by atoms with E-state index in [1.54, 1.807) is 0 Å². The van der Waals surface area contributed by atoms with Crippen molar-refractivity contribution in [1.82, 2.24) is 9.80 Å². The summed E-state index contributed by atoms with van der Waals surface area (Å²) in [4.78, 5) is 28.7. The first-order chi connectivity index (χ1) is 12.5. The summed E-state index contributed by atoms with van der Waals surface area (Å²) >= 11 is 0. The van der Waals surface area contributed by atoms with E-state index in [1.165, 1.54) is 5.56 Å². The smallest absolute Gasteiger partial charge is 0.235 e. The van der Waals surface area contributed by atoms with Crippen LogP contribution in [0.3, 0.4) is 0 Å². The van der Waals surface area contributed by atoms with Crippen molar-refractivity contribution in [2.24, 2.45) is 11.1 Å². The van der Waals surface area contributed by atoms with Gasteiger partial charge in [-0.3, -0.25) is 14.5 Å². The molecule has 1 unspecified atom stereocenters. The predicted molar refractivity (Wildman–Crippen MR) is 102 cm³/mol. The molecule has 2 N–H and O–H groups in total. The van der Waals surface area contributed by atoms with Crippen molar-refractivity contribution in [2.75, 3.05) is 26.7 Å². The van der Waals surface area contributed by atoms with Crippen LogP contribution in [-0.4, -0.2) is 54.3 Å². The molecule has 2 saturated heterocycles. The highest BCUT2D eigenvalue weighted by atomic mass is 16.2. The molecule has 1 aromatic rings. The second kappa shape index (κ2) is 8.21. The van der Waals surface area contributed by atoms with Crippen molar-refractivity contribution in [3.8, 4) is 0 Å². The van der Waals surface area contributed by atoms with Crippen LogP contribution in [0.15, 0.2) is 30.3 Å². The van der Waals surface area contributed by atoms with Crippen LogP contribution in [0.2, 0.25) is 0 Å². The Morgan fingerprint density at radius 1 is 1.12 bits per heavy atom. The van der Waals surface area contributed by atoms with Crippen LogP contribution in [0.5, 0.6) is 0 Å². The maximum atomic E-state index is 12.6. The van der Waals surface area contributed by atoms with Gasteiger partial charge in [0, 0.05) is 19.5 Å². The third-order valence-electron chi connectivity index (χ3n) is 6.29. The minimum absolute atomic E-state index is 0.0420. The Morgan fingerprint density at radius 3 is 2.46 bits per heavy atom. The van der Waals surface area contributed by atoms with E-state index in [9.17, 15) is 9.59 Å². The van der Waals surface area contributed by atoms with Gasteiger partial charge >= 0.3 is 0 Å². The lowest BCUT2D eigenvalue weighted by molar-refractivity contribution is -0.139. The van der Waals surface area contributed by atoms with Gasteiger partial charge in [0.25, 0.3) is 0 Å². The standard InChI is InChI=1S/C21H31N3O2/c1-23-14-6-11-21(19(23)20(22)26)12-15-24(16-13-21)18(25)10-5-9-17-7-3-2-4-8-17/h2-4,7-8,19H,5-6,9-16H2,1H3,(H2,22,26). The monoisotopic (exact) mass is 357 g/mol. The number of piperidine rings is 2. The highest BCUT2D eigenvalue weighted by Gasteiger charge is 2.48. The first kappa shape index (κ1) is 18.9. The molecule has 3 rings (SSSR count). The summed E-state index contributed by atoms with van der Waals surface area (Å²) in [6, 6.07) is 10.1. The zero-order valence-electron chi connectivity index (χ0n) is 15.8. The summed E-state index contributed by atoms with van der Waals surface area (Å²) < 4.78 is 0. The number of rotatable bonds is 5. The number of nitrogens with two attached hydrogens (primary N) is 1. The van der Waals surface area contributed by atoms with Gasteiger partial charge in [0.2, 0.25) is 11.8 Å². The Labute approximate surface area is 156 Å². The molecule has 0 aromatic heterocycles. The molecule has 2 amide bonds. The normalized spacial score (nSPS) is 23.1. The highest BCUT2D eigenvalue weighted by Crippen LogP contribution is 2.44. The van der Waals surface area contributed by atoms with E-state index >= 15 is 0 Å². The molecule has 142 valence electrons. The second-order valence-corrected chi connectivity index (χ2v) is 7.97. The van der Waals surface area contributed by atoms with E-state index in [1.807, 2.05) is 30.1 Å². The molecule has 1 spiro atoms. The molecule has 1 aromatic carbocycles. The highest BCUT2D eigenvalue weighted by molar-refractivity contribution is 5.81. The first-order valence-electron chi connectivity index (χ1n) is 9.83. The van der Waals surface area contributed by atoms with Gasteiger partial charge in [-0.25, -0.2) is 0 Å². The van der Waals surface area contributed by atoms with Gasteiger partial charge in [0.05, 0.1) is 6.04 Å². The zero-order valence-corrected chi connectivity index (χ0v) is 15.8. The van der Waals surface area contributed by atoms with Crippen LogP contribution in [0.4, 0.5) is 0 Å². The molecular weight excluding hydrogens is 326 g/mol. The topological polar surface area (TPSA) is 66.6 Å². The fraction of sp³-hybridized carbons (Fsp3) is 0.619. The molecule has 26 heavy (non-hydrogen) atoms. The van der Waals surface area contributed by atoms with Crippen LogP contribution in [0.1, 0.15) is 44.1 Å². The molecule has 1 atom stereocenters. The summed E-state index contributed by atoms with van der Waals surface area (Å²) in [6.45, 7) is 2.43. The quantitative estimate of drug-likeness (QED) is 0.878.